The molecule has 7 nitrogen and oxygen atoms in total. The third-order valence-electron chi connectivity index (χ3n) is 4.35. The van der Waals surface area contributed by atoms with Crippen LogP contribution in [0.4, 0.5) is 22.0 Å². The first-order chi connectivity index (χ1) is 13.1. The first-order valence-corrected chi connectivity index (χ1v) is 9.14. The largest absolute Gasteiger partial charge is 0.323 e. The van der Waals surface area contributed by atoms with E-state index in [1.54, 1.807) is 6.20 Å². The molecule has 8 heteroatoms. The molecule has 0 radical (unpaired) electrons. The van der Waals surface area contributed by atoms with Crippen LogP contribution in [0.3, 0.4) is 0 Å². The van der Waals surface area contributed by atoms with E-state index in [2.05, 4.69) is 42.1 Å². The van der Waals surface area contributed by atoms with Crippen molar-refractivity contribution in [3.63, 3.8) is 0 Å². The fourth-order valence-corrected chi connectivity index (χ4v) is 3.50. The number of urea groups is 1. The standard InChI is InChI=1S/C19H16BrN5O2/c20-12-2-1-3-14(8-12)23-19(27)22-13-6-4-11(5-7-13)15-9-17(26)24-18-16(15)10-21-25-18/h1-8,10,15H,9H2,(H2,22,23,27)(H2,21,24,25,26). The summed E-state index contributed by atoms with van der Waals surface area (Å²) < 4.78 is 0.889. The second kappa shape index (κ2) is 7.24. The quantitative estimate of drug-likeness (QED) is 0.503. The maximum Gasteiger partial charge on any atom is 0.323 e. The molecule has 3 amide bonds. The number of rotatable bonds is 3. The Labute approximate surface area is 163 Å². The number of carbonyl (C=O) groups excluding carboxylic acids is 2. The molecule has 0 bridgehead atoms. The molecule has 1 aliphatic heterocycles. The Balaban J connectivity index is 1.45. The number of hydrogen-bond donors (Lipinski definition) is 4. The molecule has 0 saturated heterocycles. The third-order valence-corrected chi connectivity index (χ3v) is 4.84. The van der Waals surface area contributed by atoms with Crippen LogP contribution in [0.5, 0.6) is 0 Å². The van der Waals surface area contributed by atoms with Gasteiger partial charge in [-0.05, 0) is 35.9 Å². The summed E-state index contributed by atoms with van der Waals surface area (Å²) in [6.07, 6.45) is 2.10. The summed E-state index contributed by atoms with van der Waals surface area (Å²) in [7, 11) is 0. The summed E-state index contributed by atoms with van der Waals surface area (Å²) in [5.74, 6) is 0.538. The Morgan fingerprint density at radius 1 is 1.11 bits per heavy atom. The van der Waals surface area contributed by atoms with Gasteiger partial charge in [-0.2, -0.15) is 5.10 Å². The lowest BCUT2D eigenvalue weighted by molar-refractivity contribution is -0.116. The second-order valence-electron chi connectivity index (χ2n) is 6.22. The highest BCUT2D eigenvalue weighted by Crippen LogP contribution is 2.35. The number of H-pyrrole nitrogens is 1. The number of amides is 3. The van der Waals surface area contributed by atoms with Crippen molar-refractivity contribution >= 4 is 45.1 Å². The van der Waals surface area contributed by atoms with Gasteiger partial charge in [-0.3, -0.25) is 9.89 Å². The summed E-state index contributed by atoms with van der Waals surface area (Å²) in [5, 5.41) is 15.2. The van der Waals surface area contributed by atoms with Gasteiger partial charge in [0.15, 0.2) is 0 Å². The highest BCUT2D eigenvalue weighted by atomic mass is 79.9. The number of carbonyl (C=O) groups is 2. The number of aromatic amines is 1. The molecule has 27 heavy (non-hydrogen) atoms. The molecule has 2 aromatic carbocycles. The molecule has 1 aromatic heterocycles. The normalized spacial score (nSPS) is 15.6. The number of aromatic nitrogens is 2. The molecule has 0 aliphatic carbocycles. The number of halogens is 1. The number of anilines is 3. The van der Waals surface area contributed by atoms with Crippen molar-refractivity contribution in [3.8, 4) is 0 Å². The van der Waals surface area contributed by atoms with Crippen LogP contribution in [0.15, 0.2) is 59.2 Å². The molecule has 4 N–H and O–H groups in total. The van der Waals surface area contributed by atoms with Gasteiger partial charge in [-0.1, -0.05) is 34.1 Å². The number of nitrogens with one attached hydrogen (secondary N) is 4. The van der Waals surface area contributed by atoms with E-state index in [-0.39, 0.29) is 17.9 Å². The summed E-state index contributed by atoms with van der Waals surface area (Å²) in [6, 6.07) is 14.5. The number of benzene rings is 2. The lowest BCUT2D eigenvalue weighted by atomic mass is 9.87. The minimum absolute atomic E-state index is 0.0487. The van der Waals surface area contributed by atoms with Crippen LogP contribution in [-0.4, -0.2) is 22.1 Å². The van der Waals surface area contributed by atoms with Crippen LogP contribution in [0.2, 0.25) is 0 Å². The van der Waals surface area contributed by atoms with E-state index in [1.807, 2.05) is 48.5 Å². The van der Waals surface area contributed by atoms with E-state index < -0.39 is 0 Å². The minimum atomic E-state index is -0.324. The maximum absolute atomic E-state index is 12.1. The predicted molar refractivity (Wildman–Crippen MR) is 107 cm³/mol. The van der Waals surface area contributed by atoms with E-state index in [4.69, 9.17) is 0 Å². The highest BCUT2D eigenvalue weighted by molar-refractivity contribution is 9.10. The van der Waals surface area contributed by atoms with Crippen LogP contribution in [0.25, 0.3) is 0 Å². The van der Waals surface area contributed by atoms with E-state index in [9.17, 15) is 9.59 Å². The fourth-order valence-electron chi connectivity index (χ4n) is 3.10. The molecule has 0 fully saturated rings. The van der Waals surface area contributed by atoms with Gasteiger partial charge >= 0.3 is 6.03 Å². The van der Waals surface area contributed by atoms with Gasteiger partial charge in [0, 0.05) is 33.7 Å². The van der Waals surface area contributed by atoms with Crippen molar-refractivity contribution in [2.24, 2.45) is 0 Å². The minimum Gasteiger partial charge on any atom is -0.311 e. The van der Waals surface area contributed by atoms with E-state index >= 15 is 0 Å². The monoisotopic (exact) mass is 425 g/mol. The zero-order chi connectivity index (χ0) is 18.8. The molecular weight excluding hydrogens is 410 g/mol. The average Bonchev–Trinajstić information content (AvgIpc) is 3.10. The number of hydrogen-bond acceptors (Lipinski definition) is 3. The molecule has 136 valence electrons. The topological polar surface area (TPSA) is 98.9 Å². The van der Waals surface area contributed by atoms with Gasteiger partial charge in [0.1, 0.15) is 5.82 Å². The number of nitrogens with zero attached hydrogens (tertiary/aromatic N) is 1. The Hall–Kier alpha value is -3.13. The molecule has 1 aliphatic rings. The van der Waals surface area contributed by atoms with Gasteiger partial charge < -0.3 is 16.0 Å². The Bertz CT molecular complexity index is 999. The third kappa shape index (κ3) is 3.85. The summed E-state index contributed by atoms with van der Waals surface area (Å²) >= 11 is 3.37. The SMILES string of the molecule is O=C1CC(c2ccc(NC(=O)Nc3cccc(Br)c3)cc2)c2cn[nH]c2N1. The number of fused-ring (bicyclic) bond motifs is 1. The van der Waals surface area contributed by atoms with Crippen LogP contribution in [-0.2, 0) is 4.79 Å². The molecule has 2 heterocycles. The first kappa shape index (κ1) is 17.3. The predicted octanol–water partition coefficient (Wildman–Crippen LogP) is 4.29. The van der Waals surface area contributed by atoms with Gasteiger partial charge in [-0.25, -0.2) is 4.79 Å². The molecule has 1 unspecified atom stereocenters. The van der Waals surface area contributed by atoms with Crippen LogP contribution in [0, 0.1) is 0 Å². The average molecular weight is 426 g/mol. The lowest BCUT2D eigenvalue weighted by Crippen LogP contribution is -2.23. The fraction of sp³-hybridized carbons (Fsp3) is 0.105. The first-order valence-electron chi connectivity index (χ1n) is 8.35. The zero-order valence-electron chi connectivity index (χ0n) is 14.1. The van der Waals surface area contributed by atoms with Crippen LogP contribution < -0.4 is 16.0 Å². The summed E-state index contributed by atoms with van der Waals surface area (Å²) in [6.45, 7) is 0. The van der Waals surface area contributed by atoms with Gasteiger partial charge in [0.2, 0.25) is 5.91 Å². The van der Waals surface area contributed by atoms with Crippen molar-refractivity contribution in [2.45, 2.75) is 12.3 Å². The molecule has 4 rings (SSSR count). The zero-order valence-corrected chi connectivity index (χ0v) is 15.7. The molecular formula is C19H16BrN5O2. The van der Waals surface area contributed by atoms with E-state index in [0.29, 0.717) is 23.6 Å². The van der Waals surface area contributed by atoms with E-state index in [0.717, 1.165) is 15.6 Å². The van der Waals surface area contributed by atoms with Crippen molar-refractivity contribution in [3.05, 3.63) is 70.3 Å². The van der Waals surface area contributed by atoms with Gasteiger partial charge in [-0.15, -0.1) is 0 Å². The van der Waals surface area contributed by atoms with Crippen molar-refractivity contribution in [2.75, 3.05) is 16.0 Å². The lowest BCUT2D eigenvalue weighted by Gasteiger charge is -2.22. The van der Waals surface area contributed by atoms with Crippen molar-refractivity contribution < 1.29 is 9.59 Å². The molecule has 3 aromatic rings. The summed E-state index contributed by atoms with van der Waals surface area (Å²) in [5.41, 5.74) is 3.31. The second-order valence-corrected chi connectivity index (χ2v) is 7.13. The Morgan fingerprint density at radius 3 is 2.67 bits per heavy atom. The van der Waals surface area contributed by atoms with Crippen LogP contribution >= 0.6 is 15.9 Å². The Kier molecular flexibility index (Phi) is 4.64. The Morgan fingerprint density at radius 2 is 1.89 bits per heavy atom. The molecule has 0 spiro atoms. The van der Waals surface area contributed by atoms with E-state index in [1.165, 1.54) is 0 Å². The van der Waals surface area contributed by atoms with Crippen molar-refractivity contribution in [1.29, 1.82) is 0 Å². The smallest absolute Gasteiger partial charge is 0.311 e. The van der Waals surface area contributed by atoms with Gasteiger partial charge in [0.05, 0.1) is 6.20 Å². The summed E-state index contributed by atoms with van der Waals surface area (Å²) in [4.78, 5) is 24.0. The van der Waals surface area contributed by atoms with Gasteiger partial charge in [0.25, 0.3) is 0 Å². The molecule has 0 saturated carbocycles. The van der Waals surface area contributed by atoms with Crippen molar-refractivity contribution in [1.82, 2.24) is 10.2 Å². The molecule has 1 atom stereocenters. The highest BCUT2D eigenvalue weighted by Gasteiger charge is 2.27. The van der Waals surface area contributed by atoms with Crippen LogP contribution in [0.1, 0.15) is 23.5 Å². The maximum atomic E-state index is 12.1.